The molecule has 0 amide bonds. The van der Waals surface area contributed by atoms with E-state index in [-0.39, 0.29) is 0 Å². The Balaban J connectivity index is 2.48. The van der Waals surface area contributed by atoms with E-state index in [0.717, 1.165) is 25.7 Å². The summed E-state index contributed by atoms with van der Waals surface area (Å²) >= 11 is 5.01. The second kappa shape index (κ2) is 4.30. The lowest BCUT2D eigenvalue weighted by molar-refractivity contribution is 1.22. The van der Waals surface area contributed by atoms with Crippen molar-refractivity contribution in [3.8, 4) is 10.4 Å². The fourth-order valence-electron chi connectivity index (χ4n) is 1.36. The van der Waals surface area contributed by atoms with Crippen LogP contribution in [0.3, 0.4) is 0 Å². The van der Waals surface area contributed by atoms with Crippen LogP contribution < -0.4 is 11.3 Å². The largest absolute Gasteiger partial charge is 0.300 e. The number of nitrogens with zero attached hydrogens (tertiary/aromatic N) is 1. The molecule has 15 heavy (non-hydrogen) atoms. The predicted octanol–water partition coefficient (Wildman–Crippen LogP) is 3.17. The Morgan fingerprint density at radius 2 is 2.27 bits per heavy atom. The van der Waals surface area contributed by atoms with Gasteiger partial charge in [-0.25, -0.2) is 10.8 Å². The molecule has 3 N–H and O–H groups in total. The molecule has 0 aliphatic carbocycles. The zero-order valence-corrected chi connectivity index (χ0v) is 10.5. The topological polar surface area (TPSA) is 50.9 Å². The molecule has 1 aromatic carbocycles. The first kappa shape index (κ1) is 10.6. The van der Waals surface area contributed by atoms with Crippen LogP contribution in [0.15, 0.2) is 28.7 Å². The van der Waals surface area contributed by atoms with Crippen molar-refractivity contribution in [3.63, 3.8) is 0 Å². The fourth-order valence-corrected chi connectivity index (χ4v) is 2.63. The van der Waals surface area contributed by atoms with Gasteiger partial charge in [-0.05, 0) is 24.6 Å². The first-order valence-electron chi connectivity index (χ1n) is 4.40. The Hall–Kier alpha value is -0.910. The summed E-state index contributed by atoms with van der Waals surface area (Å²) in [5.74, 6) is 5.33. The van der Waals surface area contributed by atoms with E-state index in [4.69, 9.17) is 5.84 Å². The van der Waals surface area contributed by atoms with Crippen LogP contribution in [0, 0.1) is 6.92 Å². The van der Waals surface area contributed by atoms with E-state index in [1.807, 2.05) is 19.1 Å². The maximum Gasteiger partial charge on any atom is 0.197 e. The predicted molar refractivity (Wildman–Crippen MR) is 67.8 cm³/mol. The number of thiazole rings is 1. The van der Waals surface area contributed by atoms with E-state index in [0.29, 0.717) is 0 Å². The SMILES string of the molecule is Cc1nc(NN)sc1-c1cccc(Br)c1. The number of nitrogen functional groups attached to an aromatic ring is 1. The van der Waals surface area contributed by atoms with Crippen molar-refractivity contribution in [3.05, 3.63) is 34.4 Å². The number of anilines is 1. The van der Waals surface area contributed by atoms with E-state index < -0.39 is 0 Å². The summed E-state index contributed by atoms with van der Waals surface area (Å²) in [5.41, 5.74) is 4.71. The van der Waals surface area contributed by atoms with Crippen LogP contribution >= 0.6 is 27.3 Å². The lowest BCUT2D eigenvalue weighted by atomic mass is 10.2. The van der Waals surface area contributed by atoms with Crippen molar-refractivity contribution in [2.24, 2.45) is 5.84 Å². The van der Waals surface area contributed by atoms with Gasteiger partial charge in [-0.15, -0.1) is 0 Å². The average molecular weight is 284 g/mol. The number of hydrogen-bond donors (Lipinski definition) is 2. The number of halogens is 1. The molecule has 0 saturated carbocycles. The van der Waals surface area contributed by atoms with Crippen molar-refractivity contribution in [2.75, 3.05) is 5.43 Å². The van der Waals surface area contributed by atoms with Gasteiger partial charge in [-0.1, -0.05) is 39.4 Å². The minimum Gasteiger partial charge on any atom is -0.300 e. The summed E-state index contributed by atoms with van der Waals surface area (Å²) < 4.78 is 1.06. The normalized spacial score (nSPS) is 10.3. The Bertz CT molecular complexity index is 481. The second-order valence-corrected chi connectivity index (χ2v) is 5.00. The van der Waals surface area contributed by atoms with Gasteiger partial charge in [0.25, 0.3) is 0 Å². The van der Waals surface area contributed by atoms with E-state index in [9.17, 15) is 0 Å². The van der Waals surface area contributed by atoms with Gasteiger partial charge < -0.3 is 0 Å². The Labute approximate surface area is 100 Å². The summed E-state index contributed by atoms with van der Waals surface area (Å²) in [6.07, 6.45) is 0. The van der Waals surface area contributed by atoms with Crippen LogP contribution in [-0.2, 0) is 0 Å². The maximum absolute atomic E-state index is 5.33. The fraction of sp³-hybridized carbons (Fsp3) is 0.100. The Morgan fingerprint density at radius 1 is 1.47 bits per heavy atom. The molecular formula is C10H10BrN3S. The van der Waals surface area contributed by atoms with Crippen molar-refractivity contribution in [2.45, 2.75) is 6.92 Å². The molecule has 78 valence electrons. The van der Waals surface area contributed by atoms with Crippen LogP contribution in [-0.4, -0.2) is 4.98 Å². The molecule has 0 saturated heterocycles. The smallest absolute Gasteiger partial charge is 0.197 e. The van der Waals surface area contributed by atoms with Crippen LogP contribution in [0.5, 0.6) is 0 Å². The monoisotopic (exact) mass is 283 g/mol. The number of aromatic nitrogens is 1. The van der Waals surface area contributed by atoms with Gasteiger partial charge in [0.1, 0.15) is 0 Å². The van der Waals surface area contributed by atoms with Crippen LogP contribution in [0.2, 0.25) is 0 Å². The van der Waals surface area contributed by atoms with Gasteiger partial charge in [0.05, 0.1) is 10.6 Å². The van der Waals surface area contributed by atoms with Gasteiger partial charge in [0, 0.05) is 4.47 Å². The standard InChI is InChI=1S/C10H10BrN3S/c1-6-9(15-10(13-6)14-12)7-3-2-4-8(11)5-7/h2-5H,12H2,1H3,(H,13,14). The summed E-state index contributed by atoms with van der Waals surface area (Å²) in [4.78, 5) is 5.45. The molecule has 0 spiro atoms. The maximum atomic E-state index is 5.33. The van der Waals surface area contributed by atoms with E-state index in [2.05, 4.69) is 38.5 Å². The molecular weight excluding hydrogens is 274 g/mol. The number of hydrazine groups is 1. The highest BCUT2D eigenvalue weighted by Gasteiger charge is 2.08. The highest BCUT2D eigenvalue weighted by atomic mass is 79.9. The van der Waals surface area contributed by atoms with E-state index in [1.165, 1.54) is 0 Å². The lowest BCUT2D eigenvalue weighted by Gasteiger charge is -1.98. The second-order valence-electron chi connectivity index (χ2n) is 3.09. The van der Waals surface area contributed by atoms with Crippen molar-refractivity contribution >= 4 is 32.4 Å². The number of aryl methyl sites for hydroxylation is 1. The molecule has 0 aliphatic heterocycles. The Morgan fingerprint density at radius 3 is 2.87 bits per heavy atom. The van der Waals surface area contributed by atoms with Crippen LogP contribution in [0.25, 0.3) is 10.4 Å². The molecule has 2 aromatic rings. The third-order valence-electron chi connectivity index (χ3n) is 2.01. The van der Waals surface area contributed by atoms with Crippen LogP contribution in [0.1, 0.15) is 5.69 Å². The summed E-state index contributed by atoms with van der Waals surface area (Å²) in [6.45, 7) is 1.98. The van der Waals surface area contributed by atoms with Crippen LogP contribution in [0.4, 0.5) is 5.13 Å². The highest BCUT2D eigenvalue weighted by molar-refractivity contribution is 9.10. The lowest BCUT2D eigenvalue weighted by Crippen LogP contribution is -2.05. The molecule has 0 radical (unpaired) electrons. The third kappa shape index (κ3) is 2.19. The number of hydrogen-bond acceptors (Lipinski definition) is 4. The number of benzene rings is 1. The first-order chi connectivity index (χ1) is 7.20. The molecule has 0 bridgehead atoms. The first-order valence-corrected chi connectivity index (χ1v) is 6.01. The van der Waals surface area contributed by atoms with E-state index in [1.54, 1.807) is 11.3 Å². The molecule has 1 aromatic heterocycles. The van der Waals surface area contributed by atoms with Crippen molar-refractivity contribution in [1.29, 1.82) is 0 Å². The molecule has 0 unspecified atom stereocenters. The number of nitrogens with two attached hydrogens (primary N) is 1. The summed E-state index contributed by atoms with van der Waals surface area (Å²) in [6, 6.07) is 8.14. The minimum absolute atomic E-state index is 0.738. The molecule has 2 rings (SSSR count). The summed E-state index contributed by atoms with van der Waals surface area (Å²) in [5, 5.41) is 0.738. The van der Waals surface area contributed by atoms with E-state index >= 15 is 0 Å². The highest BCUT2D eigenvalue weighted by Crippen LogP contribution is 2.33. The van der Waals surface area contributed by atoms with Gasteiger partial charge in [0.15, 0.2) is 5.13 Å². The zero-order valence-electron chi connectivity index (χ0n) is 8.12. The third-order valence-corrected chi connectivity index (χ3v) is 3.64. The molecule has 3 nitrogen and oxygen atoms in total. The minimum atomic E-state index is 0.738. The molecule has 0 fully saturated rings. The van der Waals surface area contributed by atoms with Gasteiger partial charge in [0.2, 0.25) is 0 Å². The van der Waals surface area contributed by atoms with Gasteiger partial charge >= 0.3 is 0 Å². The molecule has 0 aliphatic rings. The summed E-state index contributed by atoms with van der Waals surface area (Å²) in [7, 11) is 0. The molecule has 1 heterocycles. The number of nitrogens with one attached hydrogen (secondary N) is 1. The average Bonchev–Trinajstić information content (AvgIpc) is 2.60. The molecule has 5 heteroatoms. The van der Waals surface area contributed by atoms with Crippen molar-refractivity contribution in [1.82, 2.24) is 4.98 Å². The van der Waals surface area contributed by atoms with Gasteiger partial charge in [-0.3, -0.25) is 5.43 Å². The quantitative estimate of drug-likeness (QED) is 0.658. The Kier molecular flexibility index (Phi) is 3.04. The number of rotatable bonds is 2. The molecule has 0 atom stereocenters. The zero-order chi connectivity index (χ0) is 10.8. The van der Waals surface area contributed by atoms with Gasteiger partial charge in [-0.2, -0.15) is 0 Å². The van der Waals surface area contributed by atoms with Crippen molar-refractivity contribution < 1.29 is 0 Å².